The van der Waals surface area contributed by atoms with E-state index in [0.29, 0.717) is 5.82 Å². The molecule has 0 radical (unpaired) electrons. The molecule has 0 saturated heterocycles. The highest BCUT2D eigenvalue weighted by Crippen LogP contribution is 2.51. The minimum absolute atomic E-state index is 0.0830. The average Bonchev–Trinajstić information content (AvgIpc) is 3.43. The zero-order chi connectivity index (χ0) is 34.4. The summed E-state index contributed by atoms with van der Waals surface area (Å²) in [5.74, 6) is 0.710. The number of rotatable bonds is 6. The number of hydrogen-bond acceptors (Lipinski definition) is 2. The van der Waals surface area contributed by atoms with E-state index < -0.39 is 0 Å². The van der Waals surface area contributed by atoms with Crippen LogP contribution in [-0.4, -0.2) is 9.97 Å². The maximum Gasteiger partial charge on any atom is 0.160 e. The van der Waals surface area contributed by atoms with Gasteiger partial charge in [0.1, 0.15) is 0 Å². The molecule has 0 fully saturated rings. The highest BCUT2D eigenvalue weighted by atomic mass is 14.9. The van der Waals surface area contributed by atoms with Gasteiger partial charge in [0.2, 0.25) is 0 Å². The van der Waals surface area contributed by atoms with E-state index in [2.05, 4.69) is 184 Å². The van der Waals surface area contributed by atoms with Crippen LogP contribution in [0.5, 0.6) is 0 Å². The van der Waals surface area contributed by atoms with Gasteiger partial charge >= 0.3 is 0 Å². The lowest BCUT2D eigenvalue weighted by Gasteiger charge is -2.23. The van der Waals surface area contributed by atoms with E-state index in [9.17, 15) is 0 Å². The fourth-order valence-electron chi connectivity index (χ4n) is 7.59. The Morgan fingerprint density at radius 2 is 0.745 bits per heavy atom. The normalized spacial score (nSPS) is 12.7. The summed E-state index contributed by atoms with van der Waals surface area (Å²) >= 11 is 0. The van der Waals surface area contributed by atoms with Crippen LogP contribution in [0.4, 0.5) is 0 Å². The van der Waals surface area contributed by atoms with Crippen molar-refractivity contribution in [1.29, 1.82) is 0 Å². The Balaban J connectivity index is 1.14. The molecule has 2 heteroatoms. The number of benzene rings is 7. The molecule has 1 aromatic heterocycles. The van der Waals surface area contributed by atoms with Gasteiger partial charge in [0.05, 0.1) is 11.4 Å². The third-order valence-corrected chi connectivity index (χ3v) is 10.3. The Bertz CT molecular complexity index is 2500. The molecule has 2 nitrogen and oxygen atoms in total. The quantitative estimate of drug-likeness (QED) is 0.179. The number of nitrogens with zero attached hydrogens (tertiary/aromatic N) is 2. The Morgan fingerprint density at radius 3 is 1.39 bits per heavy atom. The van der Waals surface area contributed by atoms with Crippen molar-refractivity contribution in [3.05, 3.63) is 193 Å². The molecule has 1 aliphatic carbocycles. The second-order valence-corrected chi connectivity index (χ2v) is 13.8. The van der Waals surface area contributed by atoms with E-state index in [1.54, 1.807) is 0 Å². The van der Waals surface area contributed by atoms with Crippen LogP contribution in [0.1, 0.15) is 25.0 Å². The minimum atomic E-state index is -0.0830. The maximum absolute atomic E-state index is 5.15. The first kappa shape index (κ1) is 30.7. The first-order valence-electron chi connectivity index (χ1n) is 17.6. The van der Waals surface area contributed by atoms with Gasteiger partial charge in [0, 0.05) is 22.1 Å². The van der Waals surface area contributed by atoms with E-state index in [-0.39, 0.29) is 5.41 Å². The van der Waals surface area contributed by atoms with E-state index in [4.69, 9.17) is 9.97 Å². The van der Waals surface area contributed by atoms with Crippen LogP contribution < -0.4 is 0 Å². The van der Waals surface area contributed by atoms with Crippen LogP contribution in [-0.2, 0) is 5.41 Å². The summed E-state index contributed by atoms with van der Waals surface area (Å²) in [6.45, 7) is 4.69. The minimum Gasteiger partial charge on any atom is -0.228 e. The summed E-state index contributed by atoms with van der Waals surface area (Å²) in [6, 6.07) is 64.8. The molecule has 9 rings (SSSR count). The van der Waals surface area contributed by atoms with Gasteiger partial charge in [-0.25, -0.2) is 9.97 Å². The molecular weight excluding hydrogens is 617 g/mol. The van der Waals surface area contributed by atoms with Crippen LogP contribution in [0.25, 0.3) is 78.4 Å². The van der Waals surface area contributed by atoms with Gasteiger partial charge in [-0.2, -0.15) is 0 Å². The molecule has 0 unspecified atom stereocenters. The lowest BCUT2D eigenvalue weighted by Crippen LogP contribution is -2.15. The zero-order valence-electron chi connectivity index (χ0n) is 28.7. The fourth-order valence-corrected chi connectivity index (χ4v) is 7.59. The van der Waals surface area contributed by atoms with Gasteiger partial charge in [-0.3, -0.25) is 0 Å². The van der Waals surface area contributed by atoms with Crippen molar-refractivity contribution in [1.82, 2.24) is 9.97 Å². The van der Waals surface area contributed by atoms with Gasteiger partial charge in [0.15, 0.2) is 5.82 Å². The fraction of sp³-hybridized carbons (Fsp3) is 0.0612. The monoisotopic (exact) mass is 652 g/mol. The Morgan fingerprint density at radius 1 is 0.314 bits per heavy atom. The SMILES string of the molecule is CC1(C)c2ccccc2-c2cc(-c3ccccc3)c(-c3ccc(-c4cc(-c5ccccc5)nc(-c5ccc(-c6ccccc6)cc5)n4)cc3)cc21. The molecule has 7 aromatic carbocycles. The van der Waals surface area contributed by atoms with Crippen molar-refractivity contribution in [3.63, 3.8) is 0 Å². The Hall–Kier alpha value is -6.38. The lowest BCUT2D eigenvalue weighted by molar-refractivity contribution is 0.660. The van der Waals surface area contributed by atoms with Gasteiger partial charge in [0.25, 0.3) is 0 Å². The highest BCUT2D eigenvalue weighted by Gasteiger charge is 2.36. The smallest absolute Gasteiger partial charge is 0.160 e. The Labute approximate surface area is 299 Å². The van der Waals surface area contributed by atoms with Crippen molar-refractivity contribution in [2.75, 3.05) is 0 Å². The predicted molar refractivity (Wildman–Crippen MR) is 212 cm³/mol. The van der Waals surface area contributed by atoms with E-state index in [1.165, 1.54) is 55.6 Å². The highest BCUT2D eigenvalue weighted by molar-refractivity contribution is 5.93. The molecule has 1 aliphatic rings. The van der Waals surface area contributed by atoms with Gasteiger partial charge in [-0.1, -0.05) is 178 Å². The predicted octanol–water partition coefficient (Wildman–Crippen LogP) is 12.8. The van der Waals surface area contributed by atoms with Crippen molar-refractivity contribution in [3.8, 4) is 78.4 Å². The van der Waals surface area contributed by atoms with Crippen molar-refractivity contribution in [2.24, 2.45) is 0 Å². The van der Waals surface area contributed by atoms with Crippen molar-refractivity contribution < 1.29 is 0 Å². The zero-order valence-corrected chi connectivity index (χ0v) is 28.7. The summed E-state index contributed by atoms with van der Waals surface area (Å²) in [5, 5.41) is 0. The van der Waals surface area contributed by atoms with E-state index in [0.717, 1.165) is 28.1 Å². The second kappa shape index (κ2) is 12.5. The lowest BCUT2D eigenvalue weighted by atomic mass is 9.80. The van der Waals surface area contributed by atoms with Crippen LogP contribution >= 0.6 is 0 Å². The first-order valence-corrected chi connectivity index (χ1v) is 17.6. The summed E-state index contributed by atoms with van der Waals surface area (Å²) < 4.78 is 0. The molecule has 0 bridgehead atoms. The molecule has 0 spiro atoms. The molecule has 8 aromatic rings. The summed E-state index contributed by atoms with van der Waals surface area (Å²) in [7, 11) is 0. The van der Waals surface area contributed by atoms with Gasteiger partial charge < -0.3 is 0 Å². The molecule has 1 heterocycles. The van der Waals surface area contributed by atoms with E-state index in [1.807, 2.05) is 12.1 Å². The summed E-state index contributed by atoms with van der Waals surface area (Å²) in [4.78, 5) is 10.2. The second-order valence-electron chi connectivity index (χ2n) is 13.8. The average molecular weight is 653 g/mol. The molecular formula is C49H36N2. The third kappa shape index (κ3) is 5.56. The van der Waals surface area contributed by atoms with Crippen LogP contribution in [0.2, 0.25) is 0 Å². The summed E-state index contributed by atoms with van der Waals surface area (Å²) in [6.07, 6.45) is 0. The van der Waals surface area contributed by atoms with Crippen molar-refractivity contribution in [2.45, 2.75) is 19.3 Å². The third-order valence-electron chi connectivity index (χ3n) is 10.3. The molecule has 242 valence electrons. The largest absolute Gasteiger partial charge is 0.228 e. The maximum atomic E-state index is 5.15. The topological polar surface area (TPSA) is 25.8 Å². The van der Waals surface area contributed by atoms with Crippen LogP contribution in [0.3, 0.4) is 0 Å². The molecule has 51 heavy (non-hydrogen) atoms. The molecule has 0 aliphatic heterocycles. The summed E-state index contributed by atoms with van der Waals surface area (Å²) in [5.41, 5.74) is 17.5. The molecule has 0 atom stereocenters. The van der Waals surface area contributed by atoms with Crippen LogP contribution in [0.15, 0.2) is 182 Å². The molecule has 0 saturated carbocycles. The molecule has 0 amide bonds. The van der Waals surface area contributed by atoms with Crippen LogP contribution in [0, 0.1) is 0 Å². The first-order chi connectivity index (χ1) is 25.0. The van der Waals surface area contributed by atoms with Crippen molar-refractivity contribution >= 4 is 0 Å². The number of fused-ring (bicyclic) bond motifs is 3. The van der Waals surface area contributed by atoms with E-state index >= 15 is 0 Å². The molecule has 0 N–H and O–H groups in total. The standard InChI is InChI=1S/C49H36N2/c1-49(2)44-21-13-12-20-40(44)43-30-41(35-16-8-4-9-17-35)42(31-45(43)49)36-24-26-38(27-25-36)47-32-46(37-18-10-5-11-19-37)50-48(51-47)39-28-22-34(23-29-39)33-14-6-3-7-15-33/h3-32H,1-2H3. The Kier molecular flexibility index (Phi) is 7.51. The number of hydrogen-bond donors (Lipinski definition) is 0. The van der Waals surface area contributed by atoms with Gasteiger partial charge in [-0.05, 0) is 73.8 Å². The van der Waals surface area contributed by atoms with Gasteiger partial charge in [-0.15, -0.1) is 0 Å². The number of aromatic nitrogens is 2.